The van der Waals surface area contributed by atoms with Gasteiger partial charge < -0.3 is 9.84 Å². The van der Waals surface area contributed by atoms with E-state index in [1.54, 1.807) is 31.2 Å². The van der Waals surface area contributed by atoms with E-state index >= 15 is 0 Å². The predicted molar refractivity (Wildman–Crippen MR) is 86.3 cm³/mol. The Kier molecular flexibility index (Phi) is 5.53. The summed E-state index contributed by atoms with van der Waals surface area (Å²) < 4.78 is 32.6. The highest BCUT2D eigenvalue weighted by Crippen LogP contribution is 2.17. The van der Waals surface area contributed by atoms with Crippen LogP contribution in [0.3, 0.4) is 0 Å². The highest BCUT2D eigenvalue weighted by Gasteiger charge is 2.10. The van der Waals surface area contributed by atoms with E-state index in [0.717, 1.165) is 11.8 Å². The first-order valence-corrected chi connectivity index (χ1v) is 8.82. The SMILES string of the molecule is Cc1cc(C(=O)O)cc(OCc2ccccc2COS(C)(=O)=O)n1. The first-order chi connectivity index (χ1) is 11.2. The van der Waals surface area contributed by atoms with E-state index in [-0.39, 0.29) is 24.7 Å². The molecule has 1 N–H and O–H groups in total. The van der Waals surface area contributed by atoms with Crippen molar-refractivity contribution >= 4 is 16.1 Å². The molecule has 0 aliphatic heterocycles. The van der Waals surface area contributed by atoms with Crippen LogP contribution >= 0.6 is 0 Å². The first kappa shape index (κ1) is 17.9. The largest absolute Gasteiger partial charge is 0.478 e. The van der Waals surface area contributed by atoms with Crippen molar-refractivity contribution in [3.05, 3.63) is 58.8 Å². The number of hydrogen-bond acceptors (Lipinski definition) is 6. The van der Waals surface area contributed by atoms with Gasteiger partial charge in [-0.3, -0.25) is 4.18 Å². The predicted octanol–water partition coefficient (Wildman–Crippen LogP) is 2.14. The third kappa shape index (κ3) is 5.32. The van der Waals surface area contributed by atoms with Gasteiger partial charge in [0.15, 0.2) is 0 Å². The van der Waals surface area contributed by atoms with Gasteiger partial charge in [0, 0.05) is 11.8 Å². The average Bonchev–Trinajstić information content (AvgIpc) is 2.50. The van der Waals surface area contributed by atoms with Crippen molar-refractivity contribution in [2.45, 2.75) is 20.1 Å². The minimum absolute atomic E-state index is 0.0891. The minimum Gasteiger partial charge on any atom is -0.478 e. The molecule has 0 aliphatic rings. The van der Waals surface area contributed by atoms with Gasteiger partial charge in [0.25, 0.3) is 10.1 Å². The number of aromatic carboxylic acids is 1. The van der Waals surface area contributed by atoms with E-state index in [4.69, 9.17) is 14.0 Å². The van der Waals surface area contributed by atoms with Crippen LogP contribution in [-0.4, -0.2) is 30.7 Å². The summed E-state index contributed by atoms with van der Waals surface area (Å²) in [6.07, 6.45) is 0.982. The number of benzene rings is 1. The number of carboxylic acids is 1. The summed E-state index contributed by atoms with van der Waals surface area (Å²) in [6.45, 7) is 1.69. The molecule has 0 bridgehead atoms. The van der Waals surface area contributed by atoms with Gasteiger partial charge >= 0.3 is 5.97 Å². The molecular weight excluding hydrogens is 334 g/mol. The van der Waals surface area contributed by atoms with Gasteiger partial charge in [-0.15, -0.1) is 0 Å². The maximum atomic E-state index is 11.1. The molecule has 0 amide bonds. The second-order valence-electron chi connectivity index (χ2n) is 5.16. The smallest absolute Gasteiger partial charge is 0.335 e. The lowest BCUT2D eigenvalue weighted by atomic mass is 10.1. The van der Waals surface area contributed by atoms with Gasteiger partial charge in [-0.05, 0) is 24.1 Å². The van der Waals surface area contributed by atoms with Crippen LogP contribution in [0, 0.1) is 6.92 Å². The van der Waals surface area contributed by atoms with E-state index in [0.29, 0.717) is 11.3 Å². The van der Waals surface area contributed by atoms with E-state index in [2.05, 4.69) is 4.98 Å². The Morgan fingerprint density at radius 2 is 1.79 bits per heavy atom. The highest BCUT2D eigenvalue weighted by molar-refractivity contribution is 7.85. The summed E-state index contributed by atoms with van der Waals surface area (Å²) in [7, 11) is -3.55. The van der Waals surface area contributed by atoms with Crippen molar-refractivity contribution in [1.29, 1.82) is 0 Å². The molecule has 0 fully saturated rings. The van der Waals surface area contributed by atoms with Gasteiger partial charge in [-0.2, -0.15) is 8.42 Å². The number of pyridine rings is 1. The molecule has 128 valence electrons. The maximum absolute atomic E-state index is 11.1. The Hall–Kier alpha value is -2.45. The van der Waals surface area contributed by atoms with Crippen molar-refractivity contribution in [2.75, 3.05) is 6.26 Å². The maximum Gasteiger partial charge on any atom is 0.335 e. The Balaban J connectivity index is 2.14. The average molecular weight is 351 g/mol. The van der Waals surface area contributed by atoms with Crippen molar-refractivity contribution in [3.8, 4) is 5.88 Å². The number of aryl methyl sites for hydroxylation is 1. The van der Waals surface area contributed by atoms with Crippen molar-refractivity contribution < 1.29 is 27.2 Å². The first-order valence-electron chi connectivity index (χ1n) is 7.00. The number of hydrogen-bond donors (Lipinski definition) is 1. The Bertz CT molecular complexity index is 847. The summed E-state index contributed by atoms with van der Waals surface area (Å²) in [6, 6.07) is 9.84. The molecule has 0 saturated carbocycles. The van der Waals surface area contributed by atoms with E-state index in [1.807, 2.05) is 0 Å². The van der Waals surface area contributed by atoms with Gasteiger partial charge in [0.1, 0.15) is 6.61 Å². The Morgan fingerprint density at radius 1 is 1.17 bits per heavy atom. The van der Waals surface area contributed by atoms with Gasteiger partial charge in [0.05, 0.1) is 18.4 Å². The molecule has 8 heteroatoms. The molecule has 0 spiro atoms. The number of rotatable bonds is 7. The summed E-state index contributed by atoms with van der Waals surface area (Å²) in [5.74, 6) is -0.876. The number of nitrogens with zero attached hydrogens (tertiary/aromatic N) is 1. The molecule has 0 aliphatic carbocycles. The lowest BCUT2D eigenvalue weighted by Crippen LogP contribution is -2.07. The van der Waals surface area contributed by atoms with Gasteiger partial charge in [-0.25, -0.2) is 9.78 Å². The van der Waals surface area contributed by atoms with Crippen LogP contribution in [0.2, 0.25) is 0 Å². The highest BCUT2D eigenvalue weighted by atomic mass is 32.2. The molecule has 24 heavy (non-hydrogen) atoms. The van der Waals surface area contributed by atoms with Gasteiger partial charge in [-0.1, -0.05) is 24.3 Å². The van der Waals surface area contributed by atoms with E-state index in [9.17, 15) is 13.2 Å². The summed E-state index contributed by atoms with van der Waals surface area (Å²) in [4.78, 5) is 15.2. The quantitative estimate of drug-likeness (QED) is 0.762. The van der Waals surface area contributed by atoms with Crippen molar-refractivity contribution in [2.24, 2.45) is 0 Å². The third-order valence-corrected chi connectivity index (χ3v) is 3.65. The molecule has 0 unspecified atom stereocenters. The van der Waals surface area contributed by atoms with E-state index in [1.165, 1.54) is 12.1 Å². The summed E-state index contributed by atoms with van der Waals surface area (Å²) in [5.41, 5.74) is 2.00. The molecular formula is C16H17NO6S. The minimum atomic E-state index is -3.55. The number of carbonyl (C=O) groups is 1. The zero-order chi connectivity index (χ0) is 17.7. The molecule has 7 nitrogen and oxygen atoms in total. The second-order valence-corrected chi connectivity index (χ2v) is 6.81. The number of aromatic nitrogens is 1. The van der Waals surface area contributed by atoms with Crippen molar-refractivity contribution in [3.63, 3.8) is 0 Å². The van der Waals surface area contributed by atoms with Crippen LogP contribution in [0.15, 0.2) is 36.4 Å². The van der Waals surface area contributed by atoms with Crippen LogP contribution in [0.1, 0.15) is 27.2 Å². The van der Waals surface area contributed by atoms with E-state index < -0.39 is 16.1 Å². The fourth-order valence-corrected chi connectivity index (χ4v) is 2.34. The Labute approximate surface area is 140 Å². The van der Waals surface area contributed by atoms with Crippen LogP contribution in [0.5, 0.6) is 5.88 Å². The zero-order valence-electron chi connectivity index (χ0n) is 13.2. The normalized spacial score (nSPS) is 11.2. The molecule has 1 heterocycles. The monoisotopic (exact) mass is 351 g/mol. The number of carboxylic acid groups (broad SMARTS) is 1. The van der Waals surface area contributed by atoms with Crippen LogP contribution in [-0.2, 0) is 27.5 Å². The fourth-order valence-electron chi connectivity index (χ4n) is 2.00. The molecule has 0 saturated heterocycles. The summed E-state index contributed by atoms with van der Waals surface area (Å²) >= 11 is 0. The fraction of sp³-hybridized carbons (Fsp3) is 0.250. The molecule has 2 aromatic rings. The molecule has 2 rings (SSSR count). The molecule has 1 aromatic heterocycles. The lowest BCUT2D eigenvalue weighted by Gasteiger charge is -2.11. The Morgan fingerprint density at radius 3 is 2.38 bits per heavy atom. The second kappa shape index (κ2) is 7.41. The van der Waals surface area contributed by atoms with Crippen molar-refractivity contribution in [1.82, 2.24) is 4.98 Å². The zero-order valence-corrected chi connectivity index (χ0v) is 14.0. The van der Waals surface area contributed by atoms with Gasteiger partial charge in [0.2, 0.25) is 5.88 Å². The molecule has 0 atom stereocenters. The topological polar surface area (TPSA) is 103 Å². The van der Waals surface area contributed by atoms with Crippen LogP contribution in [0.4, 0.5) is 0 Å². The molecule has 1 aromatic carbocycles. The van der Waals surface area contributed by atoms with Crippen LogP contribution in [0.25, 0.3) is 0 Å². The third-order valence-electron chi connectivity index (χ3n) is 3.10. The lowest BCUT2D eigenvalue weighted by molar-refractivity contribution is 0.0696. The summed E-state index contributed by atoms with van der Waals surface area (Å²) in [5, 5.41) is 9.05. The molecule has 0 radical (unpaired) electrons. The number of ether oxygens (including phenoxy) is 1. The standard InChI is InChI=1S/C16H17NO6S/c1-11-7-14(16(18)19)8-15(17-11)22-9-12-5-3-4-6-13(12)10-23-24(2,20)21/h3-8H,9-10H2,1-2H3,(H,18,19). The van der Waals surface area contributed by atoms with Crippen LogP contribution < -0.4 is 4.74 Å².